The van der Waals surface area contributed by atoms with Crippen LogP contribution >= 0.6 is 0 Å². The second-order valence-corrected chi connectivity index (χ2v) is 5.95. The summed E-state index contributed by atoms with van der Waals surface area (Å²) in [7, 11) is 0. The monoisotopic (exact) mass is 297 g/mol. The minimum atomic E-state index is 0.558. The first-order valence-corrected chi connectivity index (χ1v) is 7.90. The highest BCUT2D eigenvalue weighted by Gasteiger charge is 2.20. The summed E-state index contributed by atoms with van der Waals surface area (Å²) in [5.41, 5.74) is 3.32. The lowest BCUT2D eigenvalue weighted by Gasteiger charge is -2.32. The molecule has 5 nitrogen and oxygen atoms in total. The van der Waals surface area contributed by atoms with Gasteiger partial charge in [0, 0.05) is 49.5 Å². The third-order valence-corrected chi connectivity index (χ3v) is 4.07. The maximum Gasteiger partial charge on any atom is 0.225 e. The van der Waals surface area contributed by atoms with Crippen molar-refractivity contribution in [2.24, 2.45) is 0 Å². The summed E-state index contributed by atoms with van der Waals surface area (Å²) >= 11 is 0. The molecule has 2 aromatic heterocycles. The summed E-state index contributed by atoms with van der Waals surface area (Å²) in [5, 5.41) is 3.63. The zero-order chi connectivity index (χ0) is 15.4. The zero-order valence-corrected chi connectivity index (χ0v) is 13.3. The van der Waals surface area contributed by atoms with E-state index in [2.05, 4.69) is 31.2 Å². The Bertz CT molecular complexity index is 585. The maximum atomic E-state index is 4.56. The van der Waals surface area contributed by atoms with Gasteiger partial charge in [0.1, 0.15) is 0 Å². The molecule has 3 rings (SSSR count). The van der Waals surface area contributed by atoms with Gasteiger partial charge in [0.15, 0.2) is 0 Å². The first kappa shape index (κ1) is 14.9. The molecule has 0 bridgehead atoms. The smallest absolute Gasteiger partial charge is 0.225 e. The van der Waals surface area contributed by atoms with Crippen molar-refractivity contribution < 1.29 is 0 Å². The highest BCUT2D eigenvalue weighted by atomic mass is 15.3. The number of hydrogen-bond donors (Lipinski definition) is 1. The topological polar surface area (TPSA) is 53.9 Å². The van der Waals surface area contributed by atoms with Crippen LogP contribution in [0.5, 0.6) is 0 Å². The largest absolute Gasteiger partial charge is 0.341 e. The number of rotatable bonds is 4. The predicted octanol–water partition coefficient (Wildman–Crippen LogP) is 2.25. The number of pyridine rings is 1. The van der Waals surface area contributed by atoms with Gasteiger partial charge in [0.05, 0.1) is 0 Å². The van der Waals surface area contributed by atoms with Gasteiger partial charge in [-0.1, -0.05) is 6.07 Å². The molecule has 0 unspecified atom stereocenters. The number of piperidine rings is 1. The lowest BCUT2D eigenvalue weighted by molar-refractivity contribution is 0.411. The fraction of sp³-hybridized carbons (Fsp3) is 0.471. The fourth-order valence-electron chi connectivity index (χ4n) is 2.90. The molecule has 1 aliphatic heterocycles. The predicted molar refractivity (Wildman–Crippen MR) is 87.8 cm³/mol. The van der Waals surface area contributed by atoms with Gasteiger partial charge in [-0.15, -0.1) is 0 Å². The van der Waals surface area contributed by atoms with Crippen LogP contribution in [0.15, 0.2) is 30.6 Å². The van der Waals surface area contributed by atoms with E-state index in [0.29, 0.717) is 6.04 Å². The molecule has 0 amide bonds. The van der Waals surface area contributed by atoms with Gasteiger partial charge in [-0.3, -0.25) is 4.98 Å². The van der Waals surface area contributed by atoms with E-state index in [1.165, 1.54) is 5.56 Å². The summed E-state index contributed by atoms with van der Waals surface area (Å²) in [4.78, 5) is 15.6. The minimum absolute atomic E-state index is 0.558. The van der Waals surface area contributed by atoms with Crippen molar-refractivity contribution in [1.82, 2.24) is 20.3 Å². The van der Waals surface area contributed by atoms with Crippen LogP contribution in [0.3, 0.4) is 0 Å². The van der Waals surface area contributed by atoms with E-state index in [1.807, 2.05) is 38.4 Å². The second-order valence-electron chi connectivity index (χ2n) is 5.95. The third kappa shape index (κ3) is 3.80. The molecule has 116 valence electrons. The van der Waals surface area contributed by atoms with Gasteiger partial charge >= 0.3 is 0 Å². The lowest BCUT2D eigenvalue weighted by atomic mass is 10.1. The van der Waals surface area contributed by atoms with E-state index in [0.717, 1.165) is 49.8 Å². The Kier molecular flexibility index (Phi) is 4.63. The van der Waals surface area contributed by atoms with Crippen molar-refractivity contribution in [3.63, 3.8) is 0 Å². The first-order valence-electron chi connectivity index (χ1n) is 7.90. The van der Waals surface area contributed by atoms with Crippen LogP contribution in [-0.2, 0) is 6.54 Å². The molecule has 1 N–H and O–H groups in total. The Balaban J connectivity index is 1.52. The number of nitrogens with zero attached hydrogens (tertiary/aromatic N) is 4. The number of hydrogen-bond acceptors (Lipinski definition) is 5. The summed E-state index contributed by atoms with van der Waals surface area (Å²) in [5.74, 6) is 0.878. The van der Waals surface area contributed by atoms with E-state index < -0.39 is 0 Å². The van der Waals surface area contributed by atoms with E-state index in [9.17, 15) is 0 Å². The molecular formula is C17H23N5. The Labute approximate surface area is 131 Å². The van der Waals surface area contributed by atoms with E-state index in [1.54, 1.807) is 0 Å². The summed E-state index contributed by atoms with van der Waals surface area (Å²) in [6.07, 6.45) is 5.98. The average molecular weight is 297 g/mol. The van der Waals surface area contributed by atoms with Crippen LogP contribution in [0.1, 0.15) is 29.8 Å². The molecule has 1 saturated heterocycles. The Morgan fingerprint density at radius 2 is 1.91 bits per heavy atom. The number of aromatic nitrogens is 3. The minimum Gasteiger partial charge on any atom is -0.341 e. The maximum absolute atomic E-state index is 4.56. The molecule has 0 atom stereocenters. The van der Waals surface area contributed by atoms with E-state index in [4.69, 9.17) is 0 Å². The van der Waals surface area contributed by atoms with Crippen LogP contribution in [-0.4, -0.2) is 34.1 Å². The standard InChI is InChI=1S/C17H23N5/c1-13-10-14(2)21-17(20-13)22-8-5-16(6-9-22)19-12-15-4-3-7-18-11-15/h3-4,7,10-11,16,19H,5-6,8-9,12H2,1-2H3. The molecule has 1 fully saturated rings. The van der Waals surface area contributed by atoms with Crippen molar-refractivity contribution in [3.8, 4) is 0 Å². The lowest BCUT2D eigenvalue weighted by Crippen LogP contribution is -2.43. The van der Waals surface area contributed by atoms with Gasteiger partial charge in [-0.2, -0.15) is 0 Å². The highest BCUT2D eigenvalue weighted by Crippen LogP contribution is 2.17. The summed E-state index contributed by atoms with van der Waals surface area (Å²) in [6, 6.07) is 6.67. The van der Waals surface area contributed by atoms with Gasteiger partial charge in [-0.25, -0.2) is 9.97 Å². The number of nitrogens with one attached hydrogen (secondary N) is 1. The zero-order valence-electron chi connectivity index (χ0n) is 13.3. The SMILES string of the molecule is Cc1cc(C)nc(N2CCC(NCc3cccnc3)CC2)n1. The molecule has 2 aromatic rings. The van der Waals surface area contributed by atoms with Gasteiger partial charge in [-0.05, 0) is 44.4 Å². The Morgan fingerprint density at radius 3 is 2.55 bits per heavy atom. The van der Waals surface area contributed by atoms with E-state index >= 15 is 0 Å². The normalized spacial score (nSPS) is 16.0. The van der Waals surface area contributed by atoms with Crippen molar-refractivity contribution in [2.45, 2.75) is 39.3 Å². The van der Waals surface area contributed by atoms with Crippen molar-refractivity contribution in [2.75, 3.05) is 18.0 Å². The average Bonchev–Trinajstić information content (AvgIpc) is 2.53. The highest BCUT2D eigenvalue weighted by molar-refractivity contribution is 5.32. The first-order chi connectivity index (χ1) is 10.7. The Hall–Kier alpha value is -2.01. The van der Waals surface area contributed by atoms with Crippen LogP contribution in [0.25, 0.3) is 0 Å². The van der Waals surface area contributed by atoms with Crippen LogP contribution in [0.2, 0.25) is 0 Å². The van der Waals surface area contributed by atoms with E-state index in [-0.39, 0.29) is 0 Å². The van der Waals surface area contributed by atoms with Gasteiger partial charge in [0.25, 0.3) is 0 Å². The Morgan fingerprint density at radius 1 is 1.18 bits per heavy atom. The fourth-order valence-corrected chi connectivity index (χ4v) is 2.90. The molecule has 1 aliphatic rings. The molecular weight excluding hydrogens is 274 g/mol. The molecule has 0 aliphatic carbocycles. The summed E-state index contributed by atoms with van der Waals surface area (Å²) in [6.45, 7) is 6.96. The van der Waals surface area contributed by atoms with Gasteiger partial charge < -0.3 is 10.2 Å². The molecule has 0 aromatic carbocycles. The molecule has 3 heterocycles. The van der Waals surface area contributed by atoms with Crippen LogP contribution in [0.4, 0.5) is 5.95 Å². The quantitative estimate of drug-likeness (QED) is 0.938. The summed E-state index contributed by atoms with van der Waals surface area (Å²) < 4.78 is 0. The number of aryl methyl sites for hydroxylation is 2. The second kappa shape index (κ2) is 6.83. The van der Waals surface area contributed by atoms with Crippen molar-refractivity contribution in [3.05, 3.63) is 47.5 Å². The third-order valence-electron chi connectivity index (χ3n) is 4.07. The molecule has 5 heteroatoms. The van der Waals surface area contributed by atoms with Crippen molar-refractivity contribution in [1.29, 1.82) is 0 Å². The molecule has 22 heavy (non-hydrogen) atoms. The van der Waals surface area contributed by atoms with Crippen molar-refractivity contribution >= 4 is 5.95 Å². The number of anilines is 1. The van der Waals surface area contributed by atoms with Gasteiger partial charge in [0.2, 0.25) is 5.95 Å². The molecule has 0 spiro atoms. The van der Waals surface area contributed by atoms with Crippen LogP contribution in [0, 0.1) is 13.8 Å². The molecule has 0 radical (unpaired) electrons. The van der Waals surface area contributed by atoms with Crippen LogP contribution < -0.4 is 10.2 Å². The molecule has 0 saturated carbocycles.